The van der Waals surface area contributed by atoms with Crippen LogP contribution in [0.1, 0.15) is 21.5 Å². The van der Waals surface area contributed by atoms with Gasteiger partial charge in [-0.2, -0.15) is 0 Å². The second-order valence-corrected chi connectivity index (χ2v) is 5.61. The van der Waals surface area contributed by atoms with Crippen LogP contribution >= 0.6 is 31.9 Å². The molecule has 0 aliphatic carbocycles. The molecule has 0 unspecified atom stereocenters. The average Bonchev–Trinajstić information content (AvgIpc) is 2.40. The molecule has 0 fully saturated rings. The van der Waals surface area contributed by atoms with E-state index in [9.17, 15) is 4.79 Å². The van der Waals surface area contributed by atoms with Crippen molar-refractivity contribution in [1.29, 1.82) is 0 Å². The van der Waals surface area contributed by atoms with Gasteiger partial charge in [-0.3, -0.25) is 0 Å². The van der Waals surface area contributed by atoms with E-state index in [1.807, 2.05) is 30.3 Å². The summed E-state index contributed by atoms with van der Waals surface area (Å²) in [4.78, 5) is 11.1. The maximum Gasteiger partial charge on any atom is 0.336 e. The van der Waals surface area contributed by atoms with Crippen molar-refractivity contribution in [2.75, 3.05) is 0 Å². The fourth-order valence-corrected chi connectivity index (χ4v) is 2.28. The number of halogens is 2. The summed E-state index contributed by atoms with van der Waals surface area (Å²) in [6, 6.07) is 12.8. The van der Waals surface area contributed by atoms with Crippen LogP contribution in [-0.4, -0.2) is 11.1 Å². The third-order valence-electron chi connectivity index (χ3n) is 2.59. The lowest BCUT2D eigenvalue weighted by atomic mass is 10.1. The Balaban J connectivity index is 2.32. The van der Waals surface area contributed by atoms with Gasteiger partial charge in [0.25, 0.3) is 0 Å². The fraction of sp³-hybridized carbons (Fsp3) is 0. The van der Waals surface area contributed by atoms with Gasteiger partial charge in [0.1, 0.15) is 0 Å². The second kappa shape index (κ2) is 6.17. The first-order valence-corrected chi connectivity index (χ1v) is 7.12. The normalized spacial score (nSPS) is 10.8. The molecule has 0 amide bonds. The maximum absolute atomic E-state index is 11.1. The second-order valence-electron chi connectivity index (χ2n) is 3.90. The van der Waals surface area contributed by atoms with E-state index in [1.165, 1.54) is 0 Å². The minimum absolute atomic E-state index is 0.301. The number of rotatable bonds is 3. The first-order chi connectivity index (χ1) is 9.08. The molecule has 2 aromatic carbocycles. The Hall–Kier alpha value is -1.39. The highest BCUT2D eigenvalue weighted by atomic mass is 79.9. The summed E-state index contributed by atoms with van der Waals surface area (Å²) >= 11 is 6.84. The summed E-state index contributed by atoms with van der Waals surface area (Å²) < 4.78 is 1.94. The number of hydrogen-bond acceptors (Lipinski definition) is 1. The Morgan fingerprint density at radius 3 is 2.42 bits per heavy atom. The minimum atomic E-state index is -0.919. The molecule has 96 valence electrons. The lowest BCUT2D eigenvalue weighted by Crippen LogP contribution is -1.98. The van der Waals surface area contributed by atoms with Crippen LogP contribution in [0.25, 0.3) is 12.2 Å². The van der Waals surface area contributed by atoms with Crippen LogP contribution in [0.4, 0.5) is 0 Å². The molecule has 2 nitrogen and oxygen atoms in total. The fourth-order valence-electron chi connectivity index (χ4n) is 1.64. The summed E-state index contributed by atoms with van der Waals surface area (Å²) in [5, 5.41) is 9.10. The highest BCUT2D eigenvalue weighted by molar-refractivity contribution is 9.13. The minimum Gasteiger partial charge on any atom is -0.478 e. The van der Waals surface area contributed by atoms with Gasteiger partial charge in [0.05, 0.1) is 5.56 Å². The van der Waals surface area contributed by atoms with Crippen LogP contribution < -0.4 is 0 Å². The van der Waals surface area contributed by atoms with Crippen LogP contribution in [0, 0.1) is 0 Å². The van der Waals surface area contributed by atoms with Crippen molar-refractivity contribution in [2.24, 2.45) is 0 Å². The van der Waals surface area contributed by atoms with Gasteiger partial charge < -0.3 is 5.11 Å². The van der Waals surface area contributed by atoms with Crippen molar-refractivity contribution in [3.05, 3.63) is 68.1 Å². The van der Waals surface area contributed by atoms with E-state index in [-0.39, 0.29) is 0 Å². The third kappa shape index (κ3) is 3.55. The van der Waals surface area contributed by atoms with Crippen LogP contribution in [0.2, 0.25) is 0 Å². The van der Waals surface area contributed by atoms with Crippen molar-refractivity contribution in [2.45, 2.75) is 0 Å². The van der Waals surface area contributed by atoms with E-state index in [0.29, 0.717) is 11.1 Å². The van der Waals surface area contributed by atoms with Gasteiger partial charge >= 0.3 is 5.97 Å². The number of carboxylic acids is 1. The van der Waals surface area contributed by atoms with E-state index >= 15 is 0 Å². The molecule has 0 bridgehead atoms. The van der Waals surface area contributed by atoms with Gasteiger partial charge in [-0.1, -0.05) is 36.4 Å². The monoisotopic (exact) mass is 380 g/mol. The van der Waals surface area contributed by atoms with E-state index in [0.717, 1.165) is 14.5 Å². The van der Waals surface area contributed by atoms with Gasteiger partial charge in [-0.05, 0) is 61.2 Å². The molecule has 2 aromatic rings. The smallest absolute Gasteiger partial charge is 0.336 e. The largest absolute Gasteiger partial charge is 0.478 e. The molecule has 0 spiro atoms. The number of aromatic carboxylic acids is 1. The van der Waals surface area contributed by atoms with E-state index < -0.39 is 5.97 Å². The number of carbonyl (C=O) groups is 1. The number of carboxylic acid groups (broad SMARTS) is 1. The van der Waals surface area contributed by atoms with E-state index in [1.54, 1.807) is 24.3 Å². The maximum atomic E-state index is 11.1. The zero-order chi connectivity index (χ0) is 13.8. The molecule has 1 N–H and O–H groups in total. The highest BCUT2D eigenvalue weighted by Gasteiger charge is 2.05. The Labute approximate surface area is 128 Å². The van der Waals surface area contributed by atoms with Crippen molar-refractivity contribution in [1.82, 2.24) is 0 Å². The molecule has 2 rings (SSSR count). The van der Waals surface area contributed by atoms with Crippen LogP contribution in [0.15, 0.2) is 51.4 Å². The summed E-state index contributed by atoms with van der Waals surface area (Å²) in [6.07, 6.45) is 3.69. The Kier molecular flexibility index (Phi) is 4.56. The van der Waals surface area contributed by atoms with Gasteiger partial charge in [-0.25, -0.2) is 4.79 Å². The van der Waals surface area contributed by atoms with Crippen molar-refractivity contribution in [3.63, 3.8) is 0 Å². The van der Waals surface area contributed by atoms with Crippen molar-refractivity contribution >= 4 is 50.0 Å². The van der Waals surface area contributed by atoms with Crippen molar-refractivity contribution < 1.29 is 9.90 Å². The third-order valence-corrected chi connectivity index (χ3v) is 4.47. The van der Waals surface area contributed by atoms with Crippen LogP contribution in [-0.2, 0) is 0 Å². The number of benzene rings is 2. The molecule has 0 aliphatic rings. The number of hydrogen-bond donors (Lipinski definition) is 1. The first-order valence-electron chi connectivity index (χ1n) is 5.53. The van der Waals surface area contributed by atoms with Gasteiger partial charge in [0, 0.05) is 8.95 Å². The first kappa shape index (κ1) is 14.0. The SMILES string of the molecule is O=C(O)c1ccccc1/C=C/c1ccc(Br)c(Br)c1. The molecule has 4 heteroatoms. The van der Waals surface area contributed by atoms with Gasteiger partial charge in [0.15, 0.2) is 0 Å². The zero-order valence-corrected chi connectivity index (χ0v) is 13.0. The van der Waals surface area contributed by atoms with Gasteiger partial charge in [-0.15, -0.1) is 0 Å². The molecule has 0 radical (unpaired) electrons. The Bertz CT molecular complexity index is 648. The zero-order valence-electron chi connectivity index (χ0n) is 9.81. The van der Waals surface area contributed by atoms with E-state index in [2.05, 4.69) is 31.9 Å². The molecule has 0 aliphatic heterocycles. The van der Waals surface area contributed by atoms with Crippen LogP contribution in [0.5, 0.6) is 0 Å². The van der Waals surface area contributed by atoms with Gasteiger partial charge in [0.2, 0.25) is 0 Å². The molecular formula is C15H10Br2O2. The molecule has 0 heterocycles. The van der Waals surface area contributed by atoms with Crippen molar-refractivity contribution in [3.8, 4) is 0 Å². The molecular weight excluding hydrogens is 372 g/mol. The summed E-state index contributed by atoms with van der Waals surface area (Å²) in [5.74, 6) is -0.919. The predicted molar refractivity (Wildman–Crippen MR) is 84.2 cm³/mol. The lowest BCUT2D eigenvalue weighted by Gasteiger charge is -2.01. The lowest BCUT2D eigenvalue weighted by molar-refractivity contribution is 0.0696. The summed E-state index contributed by atoms with van der Waals surface area (Å²) in [5.41, 5.74) is 1.99. The summed E-state index contributed by atoms with van der Waals surface area (Å²) in [6.45, 7) is 0. The Morgan fingerprint density at radius 2 is 1.74 bits per heavy atom. The topological polar surface area (TPSA) is 37.3 Å². The average molecular weight is 382 g/mol. The molecule has 0 aromatic heterocycles. The molecule has 19 heavy (non-hydrogen) atoms. The molecule has 0 saturated carbocycles. The quantitative estimate of drug-likeness (QED) is 0.752. The molecule has 0 saturated heterocycles. The van der Waals surface area contributed by atoms with E-state index in [4.69, 9.17) is 5.11 Å². The Morgan fingerprint density at radius 1 is 1.00 bits per heavy atom. The highest BCUT2D eigenvalue weighted by Crippen LogP contribution is 2.24. The summed E-state index contributed by atoms with van der Waals surface area (Å²) in [7, 11) is 0. The molecule has 0 atom stereocenters. The predicted octanol–water partition coefficient (Wildman–Crippen LogP) is 5.08. The van der Waals surface area contributed by atoms with Crippen LogP contribution in [0.3, 0.4) is 0 Å². The standard InChI is InChI=1S/C15H10Br2O2/c16-13-8-6-10(9-14(13)17)5-7-11-3-1-2-4-12(11)15(18)19/h1-9H,(H,18,19)/b7-5+.